The molecule has 7 aromatic rings. The van der Waals surface area contributed by atoms with Gasteiger partial charge in [-0.1, -0.05) is 147 Å². The van der Waals surface area contributed by atoms with Crippen LogP contribution >= 0.6 is 0 Å². The van der Waals surface area contributed by atoms with Crippen LogP contribution in [0, 0.1) is 20.8 Å². The lowest BCUT2D eigenvalue weighted by molar-refractivity contribution is 0.660. The van der Waals surface area contributed by atoms with Crippen LogP contribution in [0.3, 0.4) is 0 Å². The van der Waals surface area contributed by atoms with Gasteiger partial charge >= 0.3 is 0 Å². The van der Waals surface area contributed by atoms with Gasteiger partial charge in [0.15, 0.2) is 0 Å². The second kappa shape index (κ2) is 10.7. The maximum Gasteiger partial charge on any atom is 0.247 e. The quantitative estimate of drug-likeness (QED) is 0.166. The summed E-state index contributed by atoms with van der Waals surface area (Å²) >= 11 is 0. The molecule has 0 saturated carbocycles. The molecule has 0 spiro atoms. The van der Waals surface area contributed by atoms with Gasteiger partial charge in [0, 0.05) is 22.2 Å². The maximum absolute atomic E-state index is 2.60. The highest BCUT2D eigenvalue weighted by Gasteiger charge is 2.45. The van der Waals surface area contributed by atoms with E-state index in [9.17, 15) is 0 Å². The highest BCUT2D eigenvalue weighted by molar-refractivity contribution is 6.98. The summed E-state index contributed by atoms with van der Waals surface area (Å²) in [5, 5.41) is 0. The number of benzene rings is 7. The summed E-state index contributed by atoms with van der Waals surface area (Å²) < 4.78 is 0. The van der Waals surface area contributed by atoms with Crippen molar-refractivity contribution in [3.63, 3.8) is 0 Å². The monoisotopic (exact) mass is 694 g/mol. The van der Waals surface area contributed by atoms with Crippen LogP contribution in [-0.4, -0.2) is 6.71 Å². The Kier molecular flexibility index (Phi) is 6.26. The molecule has 260 valence electrons. The Hall–Kier alpha value is -5.80. The average molecular weight is 695 g/mol. The van der Waals surface area contributed by atoms with Crippen molar-refractivity contribution < 1.29 is 0 Å². The highest BCUT2D eigenvalue weighted by atomic mass is 15.3. The molecule has 0 atom stereocenters. The average Bonchev–Trinajstić information content (AvgIpc) is 3.53. The smallest absolute Gasteiger partial charge is 0.247 e. The first-order chi connectivity index (χ1) is 26.1. The third-order valence-corrected chi connectivity index (χ3v) is 13.3. The third-order valence-electron chi connectivity index (χ3n) is 13.3. The van der Waals surface area contributed by atoms with Crippen molar-refractivity contribution in [3.8, 4) is 22.3 Å². The molecule has 0 amide bonds. The van der Waals surface area contributed by atoms with Crippen molar-refractivity contribution in [2.75, 3.05) is 9.80 Å². The van der Waals surface area contributed by atoms with Crippen LogP contribution in [0.1, 0.15) is 66.6 Å². The molecule has 0 bridgehead atoms. The van der Waals surface area contributed by atoms with Crippen LogP contribution in [0.5, 0.6) is 0 Å². The van der Waals surface area contributed by atoms with Gasteiger partial charge in [-0.3, -0.25) is 0 Å². The first kappa shape index (κ1) is 31.7. The van der Waals surface area contributed by atoms with Crippen LogP contribution in [-0.2, 0) is 10.8 Å². The standard InChI is InChI=1S/C51H43BN2/c1-30-25-31(2)48(32(3)26-30)52-42-19-14-22-46-49(42)54(47-28-37-35-16-9-11-18-39(35)51(6,7)41(37)29-43(47)52)45-21-13-12-20-44(45)53(46)33-23-24-40-36(27-33)34-15-8-10-17-38(34)50(40,4)5/h8-29H,1-7H3. The van der Waals surface area contributed by atoms with E-state index in [1.54, 1.807) is 0 Å². The molecule has 7 aromatic carbocycles. The molecule has 2 aliphatic carbocycles. The number of hydrogen-bond acceptors (Lipinski definition) is 2. The Labute approximate surface area is 319 Å². The molecule has 2 aliphatic heterocycles. The highest BCUT2D eigenvalue weighted by Crippen LogP contribution is 2.58. The second-order valence-electron chi connectivity index (χ2n) is 17.1. The van der Waals surface area contributed by atoms with E-state index >= 15 is 0 Å². The van der Waals surface area contributed by atoms with Gasteiger partial charge in [-0.05, 0) is 113 Å². The Morgan fingerprint density at radius 3 is 1.67 bits per heavy atom. The number of para-hydroxylation sites is 3. The summed E-state index contributed by atoms with van der Waals surface area (Å²) in [5.74, 6) is 0. The Balaban J connectivity index is 1.21. The predicted molar refractivity (Wildman–Crippen MR) is 230 cm³/mol. The van der Waals surface area contributed by atoms with E-state index < -0.39 is 0 Å². The third kappa shape index (κ3) is 3.97. The fourth-order valence-electron chi connectivity index (χ4n) is 11.0. The lowest BCUT2D eigenvalue weighted by atomic mass is 9.33. The second-order valence-corrected chi connectivity index (χ2v) is 17.1. The molecule has 2 heterocycles. The van der Waals surface area contributed by atoms with Gasteiger partial charge in [0.25, 0.3) is 0 Å². The summed E-state index contributed by atoms with van der Waals surface area (Å²) in [6.45, 7) is 16.5. The number of aryl methyl sites for hydroxylation is 3. The number of fused-ring (bicyclic) bond motifs is 10. The summed E-state index contributed by atoms with van der Waals surface area (Å²) in [7, 11) is 0. The molecular formula is C51H43BN2. The lowest BCUT2D eigenvalue weighted by Gasteiger charge is -2.46. The Morgan fingerprint density at radius 1 is 0.426 bits per heavy atom. The van der Waals surface area contributed by atoms with E-state index in [0.29, 0.717) is 0 Å². The Bertz CT molecular complexity index is 2760. The van der Waals surface area contributed by atoms with Gasteiger partial charge in [-0.15, -0.1) is 0 Å². The lowest BCUT2D eigenvalue weighted by Crippen LogP contribution is -2.59. The molecule has 11 rings (SSSR count). The van der Waals surface area contributed by atoms with Crippen molar-refractivity contribution in [1.82, 2.24) is 0 Å². The first-order valence-electron chi connectivity index (χ1n) is 19.5. The van der Waals surface area contributed by atoms with Crippen molar-refractivity contribution in [3.05, 3.63) is 172 Å². The minimum Gasteiger partial charge on any atom is -0.307 e. The summed E-state index contributed by atoms with van der Waals surface area (Å²) in [4.78, 5) is 5.13. The van der Waals surface area contributed by atoms with E-state index in [-0.39, 0.29) is 17.5 Å². The van der Waals surface area contributed by atoms with Crippen molar-refractivity contribution >= 4 is 57.2 Å². The first-order valence-corrected chi connectivity index (χ1v) is 19.5. The van der Waals surface area contributed by atoms with Gasteiger partial charge in [-0.2, -0.15) is 0 Å². The summed E-state index contributed by atoms with van der Waals surface area (Å²) in [5.41, 5.74) is 26.4. The van der Waals surface area contributed by atoms with Gasteiger partial charge in [0.2, 0.25) is 6.71 Å². The molecule has 4 aliphatic rings. The number of nitrogens with zero attached hydrogens (tertiary/aromatic N) is 2. The number of hydrogen-bond donors (Lipinski definition) is 0. The van der Waals surface area contributed by atoms with E-state index in [2.05, 4.69) is 192 Å². The Morgan fingerprint density at radius 2 is 0.981 bits per heavy atom. The van der Waals surface area contributed by atoms with Crippen LogP contribution in [0.25, 0.3) is 22.3 Å². The summed E-state index contributed by atoms with van der Waals surface area (Å²) in [6.07, 6.45) is 0. The number of rotatable bonds is 2. The molecular weight excluding hydrogens is 651 g/mol. The zero-order valence-corrected chi connectivity index (χ0v) is 32.2. The molecule has 0 radical (unpaired) electrons. The van der Waals surface area contributed by atoms with Gasteiger partial charge in [0.1, 0.15) is 0 Å². The topological polar surface area (TPSA) is 6.48 Å². The SMILES string of the molecule is Cc1cc(C)c(B2c3cc4c(cc3N3c5ccccc5N(c5ccc6c(c5)-c5ccccc5C6(C)C)c5cccc2c53)-c2ccccc2C4(C)C)c(C)c1. The van der Waals surface area contributed by atoms with Gasteiger partial charge in [0.05, 0.1) is 22.7 Å². The summed E-state index contributed by atoms with van der Waals surface area (Å²) in [6, 6.07) is 51.1. The van der Waals surface area contributed by atoms with Crippen molar-refractivity contribution in [2.24, 2.45) is 0 Å². The maximum atomic E-state index is 2.60. The molecule has 0 saturated heterocycles. The predicted octanol–water partition coefficient (Wildman–Crippen LogP) is 11.3. The molecule has 0 aromatic heterocycles. The fourth-order valence-corrected chi connectivity index (χ4v) is 11.0. The minimum absolute atomic E-state index is 0.0406. The number of anilines is 6. The zero-order valence-electron chi connectivity index (χ0n) is 32.2. The molecule has 54 heavy (non-hydrogen) atoms. The molecule has 2 nitrogen and oxygen atoms in total. The van der Waals surface area contributed by atoms with Gasteiger partial charge < -0.3 is 9.80 Å². The van der Waals surface area contributed by atoms with E-state index in [0.717, 1.165) is 0 Å². The molecule has 3 heteroatoms. The van der Waals surface area contributed by atoms with Gasteiger partial charge in [-0.25, -0.2) is 0 Å². The van der Waals surface area contributed by atoms with Crippen LogP contribution < -0.4 is 26.2 Å². The van der Waals surface area contributed by atoms with E-state index in [1.165, 1.54) is 112 Å². The largest absolute Gasteiger partial charge is 0.307 e. The van der Waals surface area contributed by atoms with E-state index in [1.807, 2.05) is 0 Å². The van der Waals surface area contributed by atoms with Crippen LogP contribution in [0.15, 0.2) is 133 Å². The van der Waals surface area contributed by atoms with E-state index in [4.69, 9.17) is 0 Å². The molecule has 0 unspecified atom stereocenters. The zero-order chi connectivity index (χ0) is 36.8. The minimum atomic E-state index is -0.0949. The van der Waals surface area contributed by atoms with Crippen LogP contribution in [0.4, 0.5) is 34.1 Å². The molecule has 0 fully saturated rings. The van der Waals surface area contributed by atoms with Crippen molar-refractivity contribution in [1.29, 1.82) is 0 Å². The van der Waals surface area contributed by atoms with Crippen LogP contribution in [0.2, 0.25) is 0 Å². The van der Waals surface area contributed by atoms with Crippen molar-refractivity contribution in [2.45, 2.75) is 59.3 Å². The molecule has 0 N–H and O–H groups in total. The normalized spacial score (nSPS) is 15.9. The fraction of sp³-hybridized carbons (Fsp3) is 0.176.